The minimum absolute atomic E-state index is 0.0212. The number of nitrogens with zero attached hydrogens (tertiary/aromatic N) is 2. The molecule has 1 aromatic heterocycles. The van der Waals surface area contributed by atoms with Gasteiger partial charge in [-0.25, -0.2) is 17.9 Å². The number of ether oxygens (including phenoxy) is 4. The highest BCUT2D eigenvalue weighted by molar-refractivity contribution is 7.89. The summed E-state index contributed by atoms with van der Waals surface area (Å²) in [5.41, 5.74) is 1.14. The third-order valence-corrected chi connectivity index (χ3v) is 16.7. The number of allylic oxidation sites excluding steroid dienone is 6. The van der Waals surface area contributed by atoms with Crippen LogP contribution < -0.4 is 4.72 Å². The van der Waals surface area contributed by atoms with E-state index in [4.69, 9.17) is 23.5 Å². The van der Waals surface area contributed by atoms with Crippen molar-refractivity contribution in [1.29, 1.82) is 0 Å². The number of aliphatic hydroxyl groups is 3. The van der Waals surface area contributed by atoms with E-state index in [1.807, 2.05) is 45.9 Å². The largest absolute Gasteiger partial charge is 0.461 e. The summed E-state index contributed by atoms with van der Waals surface area (Å²) < 4.78 is 58.4. The molecule has 0 radical (unpaired) electrons. The third kappa shape index (κ3) is 15.3. The summed E-state index contributed by atoms with van der Waals surface area (Å²) >= 11 is 0. The van der Waals surface area contributed by atoms with Crippen LogP contribution in [0, 0.1) is 35.5 Å². The molecule has 3 fully saturated rings. The number of aliphatic hydroxyl groups excluding tert-OH is 2. The lowest BCUT2D eigenvalue weighted by molar-refractivity contribution is -0.264. The van der Waals surface area contributed by atoms with Gasteiger partial charge in [0, 0.05) is 38.6 Å². The second-order valence-corrected chi connectivity index (χ2v) is 22.7. The molecule has 1 amide bonds. The van der Waals surface area contributed by atoms with E-state index in [0.717, 1.165) is 18.9 Å². The number of rotatable bonds is 8. The highest BCUT2D eigenvalue weighted by Gasteiger charge is 2.53. The van der Waals surface area contributed by atoms with Crippen molar-refractivity contribution in [3.05, 3.63) is 60.1 Å². The minimum atomic E-state index is -4.17. The number of esters is 1. The summed E-state index contributed by atoms with van der Waals surface area (Å²) in [7, 11) is -1.17. The number of nitrogens with one attached hydrogen (secondary N) is 1. The molecule has 1 unspecified atom stereocenters. The van der Waals surface area contributed by atoms with Gasteiger partial charge in [0.2, 0.25) is 15.8 Å². The number of carbonyl (C=O) groups is 4. The van der Waals surface area contributed by atoms with Crippen LogP contribution in [0.2, 0.25) is 0 Å². The molecule has 18 heteroatoms. The van der Waals surface area contributed by atoms with E-state index in [1.165, 1.54) is 12.0 Å². The van der Waals surface area contributed by atoms with Gasteiger partial charge >= 0.3 is 5.97 Å². The Morgan fingerprint density at radius 2 is 1.63 bits per heavy atom. The normalized spacial score (nSPS) is 38.2. The molecular weight excluding hydrogens is 935 g/mol. The average molecular weight is 1020 g/mol. The smallest absolute Gasteiger partial charge is 0.329 e. The first-order chi connectivity index (χ1) is 33.6. The fourth-order valence-corrected chi connectivity index (χ4v) is 11.9. The summed E-state index contributed by atoms with van der Waals surface area (Å²) in [5.74, 6) is -7.10. The Morgan fingerprint density at radius 3 is 2.32 bits per heavy atom. The molecule has 71 heavy (non-hydrogen) atoms. The lowest BCUT2D eigenvalue weighted by atomic mass is 9.78. The molecule has 2 bridgehead atoms. The van der Waals surface area contributed by atoms with Crippen molar-refractivity contribution in [2.75, 3.05) is 20.8 Å². The molecule has 3 aliphatic heterocycles. The first-order valence-electron chi connectivity index (χ1n) is 25.6. The lowest BCUT2D eigenvalue weighted by Crippen LogP contribution is -2.61. The average Bonchev–Trinajstić information content (AvgIpc) is 3.90. The van der Waals surface area contributed by atoms with Crippen LogP contribution in [-0.4, -0.2) is 132 Å². The molecule has 4 N–H and O–H groups in total. The molecule has 4 heterocycles. The maximum atomic E-state index is 14.5. The van der Waals surface area contributed by atoms with E-state index in [9.17, 15) is 42.9 Å². The van der Waals surface area contributed by atoms with E-state index >= 15 is 0 Å². The van der Waals surface area contributed by atoms with Gasteiger partial charge in [-0.2, -0.15) is 0 Å². The fourth-order valence-electron chi connectivity index (χ4n) is 10.8. The first kappa shape index (κ1) is 58.0. The van der Waals surface area contributed by atoms with E-state index in [-0.39, 0.29) is 66.3 Å². The van der Waals surface area contributed by atoms with Crippen molar-refractivity contribution in [1.82, 2.24) is 14.8 Å². The number of aromatic nitrogens is 1. The molecule has 398 valence electrons. The zero-order chi connectivity index (χ0) is 52.2. The van der Waals surface area contributed by atoms with Crippen LogP contribution in [0.4, 0.5) is 0 Å². The van der Waals surface area contributed by atoms with Gasteiger partial charge in [0.15, 0.2) is 5.78 Å². The molecule has 4 aliphatic rings. The van der Waals surface area contributed by atoms with Gasteiger partial charge in [-0.3, -0.25) is 14.4 Å². The minimum Gasteiger partial charge on any atom is -0.461 e. The van der Waals surface area contributed by atoms with E-state index < -0.39 is 87.9 Å². The maximum absolute atomic E-state index is 14.5. The van der Waals surface area contributed by atoms with Crippen LogP contribution in [0.1, 0.15) is 132 Å². The number of sulfonamides is 1. The van der Waals surface area contributed by atoms with E-state index in [2.05, 4.69) is 9.88 Å². The van der Waals surface area contributed by atoms with Gasteiger partial charge in [0.25, 0.3) is 11.7 Å². The van der Waals surface area contributed by atoms with Gasteiger partial charge in [-0.05, 0) is 127 Å². The number of cyclic esters (lactones) is 1. The van der Waals surface area contributed by atoms with Crippen LogP contribution in [-0.2, 0) is 48.1 Å². The molecule has 5 rings (SSSR count). The maximum Gasteiger partial charge on any atom is 0.329 e. The van der Waals surface area contributed by atoms with Crippen molar-refractivity contribution < 1.29 is 66.4 Å². The Kier molecular flexibility index (Phi) is 21.5. The van der Waals surface area contributed by atoms with E-state index in [1.54, 1.807) is 46.1 Å². The van der Waals surface area contributed by atoms with Gasteiger partial charge in [0.05, 0.1) is 24.5 Å². The zero-order valence-corrected chi connectivity index (χ0v) is 44.1. The number of fused-ring (bicyclic) bond motifs is 3. The number of amides is 1. The van der Waals surface area contributed by atoms with Gasteiger partial charge in [0.1, 0.15) is 35.5 Å². The molecule has 17 nitrogen and oxygen atoms in total. The highest BCUT2D eigenvalue weighted by Crippen LogP contribution is 2.38. The number of piperidine rings is 1. The van der Waals surface area contributed by atoms with Crippen LogP contribution in [0.15, 0.2) is 69.5 Å². The quantitative estimate of drug-likeness (QED) is 0.127. The van der Waals surface area contributed by atoms with Gasteiger partial charge in [-0.15, -0.1) is 0 Å². The Hall–Kier alpha value is -3.88. The second kappa shape index (κ2) is 26.4. The van der Waals surface area contributed by atoms with Crippen molar-refractivity contribution in [2.24, 2.45) is 35.5 Å². The zero-order valence-electron chi connectivity index (χ0n) is 43.2. The number of carbonyl (C=O) groups excluding carboxylic acids is 4. The standard InChI is InChI=1S/C53H81N3O14S/c1-32-15-11-10-12-16-34(3)42(55-71(64,65)41-30-54-68-31-41)29-40-21-19-38(7)53(63,70-40)50(60)51(61)56-24-14-13-17-43(56)52(62)69-45(35(4)27-39-20-22-44(57)46(28-39)66-8)23-18-33(2)26-37(6)48(59)49(67-9)47(58)36(5)25-32/h10-12,15-16,26,30-33,35-36,38-40,42-46,48-49,55,57,59,63H,13-14,17-25,27-29H2,1-9H3/b12-10+,15-11+,34-16+,37-26+/t32-,33+,35-,36-,38-,39-,40+,42?,43+,44-,45+,46-,48-,49+,53-/m1/s1. The first-order valence-corrected chi connectivity index (χ1v) is 27.1. The van der Waals surface area contributed by atoms with Gasteiger partial charge < -0.3 is 43.7 Å². The number of ketones is 2. The number of hydrogen-bond acceptors (Lipinski definition) is 15. The molecule has 2 saturated heterocycles. The summed E-state index contributed by atoms with van der Waals surface area (Å²) in [6.07, 6.45) is 14.5. The molecule has 15 atom stereocenters. The molecule has 0 spiro atoms. The fraction of sp³-hybridized carbons (Fsp3) is 0.717. The van der Waals surface area contributed by atoms with Crippen molar-refractivity contribution >= 4 is 33.5 Å². The monoisotopic (exact) mass is 1020 g/mol. The van der Waals surface area contributed by atoms with E-state index in [0.29, 0.717) is 68.9 Å². The van der Waals surface area contributed by atoms with Crippen molar-refractivity contribution in [2.45, 2.75) is 191 Å². The Bertz CT molecular complexity index is 2180. The molecule has 1 saturated carbocycles. The third-order valence-electron chi connectivity index (χ3n) is 15.3. The Labute approximate surface area is 420 Å². The predicted octanol–water partition coefficient (Wildman–Crippen LogP) is 6.32. The number of methoxy groups -OCH3 is 2. The molecule has 1 aromatic rings. The van der Waals surface area contributed by atoms with Gasteiger partial charge in [-0.1, -0.05) is 81.8 Å². The number of Topliss-reactive ketones (excluding diaryl/α,β-unsaturated/α-hetero) is 2. The van der Waals surface area contributed by atoms with Crippen molar-refractivity contribution in [3.63, 3.8) is 0 Å². The summed E-state index contributed by atoms with van der Waals surface area (Å²) in [6, 6.07) is -2.02. The molecule has 1 aliphatic carbocycles. The van der Waals surface area contributed by atoms with Crippen LogP contribution in [0.3, 0.4) is 0 Å². The number of hydrogen-bond donors (Lipinski definition) is 4. The molecule has 0 aromatic carbocycles. The Morgan fingerprint density at radius 1 is 0.887 bits per heavy atom. The highest BCUT2D eigenvalue weighted by atomic mass is 32.2. The SMILES string of the molecule is CO[C@@H]1C[C@@H](C[C@@H](C)[C@@H]2CC[C@H](C)/C=C(\C)[C@@H](O)[C@@H](OC)C(=O)[C@H](C)C[C@H](C)/C=C/C=C/C=C(\C)C(NS(=O)(=O)c3cnoc3)C[C@@H]3CC[C@@H](C)[C@@](O)(O3)C(=O)C(=O)N3CCCC[C@H]3C(=O)O2)CC[C@H]1O. The topological polar surface area (TPSA) is 241 Å². The van der Waals surface area contributed by atoms with Crippen LogP contribution in [0.25, 0.3) is 0 Å². The van der Waals surface area contributed by atoms with Crippen molar-refractivity contribution in [3.8, 4) is 0 Å². The van der Waals surface area contributed by atoms with Crippen LogP contribution in [0.5, 0.6) is 0 Å². The summed E-state index contributed by atoms with van der Waals surface area (Å²) in [5, 5.41) is 37.7. The predicted molar refractivity (Wildman–Crippen MR) is 265 cm³/mol. The lowest BCUT2D eigenvalue weighted by Gasteiger charge is -2.43. The summed E-state index contributed by atoms with van der Waals surface area (Å²) in [4.78, 5) is 58.1. The molecular formula is C53H81N3O14S. The van der Waals surface area contributed by atoms with Crippen LogP contribution >= 0.6 is 0 Å². The second-order valence-electron chi connectivity index (χ2n) is 21.0. The Balaban J connectivity index is 1.49. The summed E-state index contributed by atoms with van der Waals surface area (Å²) in [6.45, 7) is 13.0.